The molecule has 0 atom stereocenters. The summed E-state index contributed by atoms with van der Waals surface area (Å²) in [6.45, 7) is 3.75. The lowest BCUT2D eigenvalue weighted by Crippen LogP contribution is -2.30. The molecule has 1 amide bonds. The number of pyridine rings is 1. The standard InChI is InChI=1S/C19H26N4O3/c1-11-18(12(2)26-23-11)14-8-13(9-17(20)24)19(21-10-14)22-15-4-6-16(25-3)7-5-15/h8,10,15-16H,4-7,9H2,1-3H3,(H2,20,24)(H,21,22). The van der Waals surface area contributed by atoms with Crippen molar-refractivity contribution in [2.45, 2.75) is 58.1 Å². The molecule has 3 N–H and O–H groups in total. The summed E-state index contributed by atoms with van der Waals surface area (Å²) in [4.78, 5) is 16.1. The summed E-state index contributed by atoms with van der Waals surface area (Å²) in [6, 6.07) is 2.28. The van der Waals surface area contributed by atoms with Crippen molar-refractivity contribution in [3.05, 3.63) is 29.3 Å². The second kappa shape index (κ2) is 7.86. The quantitative estimate of drug-likeness (QED) is 0.823. The van der Waals surface area contributed by atoms with Crippen LogP contribution in [0, 0.1) is 13.8 Å². The molecule has 1 aliphatic rings. The van der Waals surface area contributed by atoms with Crippen LogP contribution in [0.3, 0.4) is 0 Å². The molecule has 2 aromatic rings. The van der Waals surface area contributed by atoms with Crippen LogP contribution in [0.2, 0.25) is 0 Å². The van der Waals surface area contributed by atoms with Gasteiger partial charge in [0.1, 0.15) is 11.6 Å². The van der Waals surface area contributed by atoms with Crippen molar-refractivity contribution in [1.82, 2.24) is 10.1 Å². The zero-order valence-electron chi connectivity index (χ0n) is 15.5. The van der Waals surface area contributed by atoms with Gasteiger partial charge in [-0.15, -0.1) is 0 Å². The van der Waals surface area contributed by atoms with Crippen molar-refractivity contribution >= 4 is 11.7 Å². The number of nitrogens with two attached hydrogens (primary N) is 1. The molecule has 0 unspecified atom stereocenters. The number of nitrogens with one attached hydrogen (secondary N) is 1. The van der Waals surface area contributed by atoms with Gasteiger partial charge >= 0.3 is 0 Å². The molecular weight excluding hydrogens is 332 g/mol. The second-order valence-electron chi connectivity index (χ2n) is 6.93. The van der Waals surface area contributed by atoms with Crippen LogP contribution in [0.1, 0.15) is 42.7 Å². The Morgan fingerprint density at radius 3 is 2.65 bits per heavy atom. The number of carbonyl (C=O) groups excluding carboxylic acids is 1. The van der Waals surface area contributed by atoms with Gasteiger partial charge in [0.05, 0.1) is 18.2 Å². The maximum absolute atomic E-state index is 11.5. The Hall–Kier alpha value is -2.41. The molecule has 2 aromatic heterocycles. The molecule has 7 heteroatoms. The first-order valence-corrected chi connectivity index (χ1v) is 8.97. The molecule has 1 aliphatic carbocycles. The van der Waals surface area contributed by atoms with Crippen LogP contribution in [-0.4, -0.2) is 35.3 Å². The van der Waals surface area contributed by atoms with E-state index in [2.05, 4.69) is 15.5 Å². The summed E-state index contributed by atoms with van der Waals surface area (Å²) in [6.07, 6.45) is 6.35. The highest BCUT2D eigenvalue weighted by molar-refractivity contribution is 5.79. The van der Waals surface area contributed by atoms with E-state index in [1.807, 2.05) is 19.9 Å². The van der Waals surface area contributed by atoms with E-state index in [0.717, 1.165) is 59.6 Å². The molecule has 140 valence electrons. The van der Waals surface area contributed by atoms with E-state index in [-0.39, 0.29) is 12.3 Å². The Morgan fingerprint density at radius 1 is 1.35 bits per heavy atom. The van der Waals surface area contributed by atoms with Gasteiger partial charge in [0.15, 0.2) is 0 Å². The van der Waals surface area contributed by atoms with E-state index < -0.39 is 0 Å². The lowest BCUT2D eigenvalue weighted by molar-refractivity contribution is -0.117. The van der Waals surface area contributed by atoms with Gasteiger partial charge in [0.2, 0.25) is 5.91 Å². The zero-order chi connectivity index (χ0) is 18.7. The molecule has 0 bridgehead atoms. The first kappa shape index (κ1) is 18.4. The highest BCUT2D eigenvalue weighted by Crippen LogP contribution is 2.30. The molecule has 7 nitrogen and oxygen atoms in total. The molecule has 0 radical (unpaired) electrons. The van der Waals surface area contributed by atoms with Crippen LogP contribution in [0.5, 0.6) is 0 Å². The summed E-state index contributed by atoms with van der Waals surface area (Å²) >= 11 is 0. The van der Waals surface area contributed by atoms with Crippen LogP contribution in [0.15, 0.2) is 16.8 Å². The number of primary amides is 1. The lowest BCUT2D eigenvalue weighted by atomic mass is 9.92. The largest absolute Gasteiger partial charge is 0.381 e. The van der Waals surface area contributed by atoms with Gasteiger partial charge in [0.25, 0.3) is 0 Å². The fraction of sp³-hybridized carbons (Fsp3) is 0.526. The summed E-state index contributed by atoms with van der Waals surface area (Å²) in [5.74, 6) is 1.07. The number of aryl methyl sites for hydroxylation is 2. The van der Waals surface area contributed by atoms with E-state index in [1.165, 1.54) is 0 Å². The normalized spacial score (nSPS) is 20.1. The Kier molecular flexibility index (Phi) is 5.56. The molecular formula is C19H26N4O3. The number of amides is 1. The van der Waals surface area contributed by atoms with Crippen LogP contribution in [-0.2, 0) is 16.0 Å². The van der Waals surface area contributed by atoms with Gasteiger partial charge < -0.3 is 20.3 Å². The third-order valence-electron chi connectivity index (χ3n) is 5.00. The number of ether oxygens (including phenoxy) is 1. The van der Waals surface area contributed by atoms with Gasteiger partial charge in [0, 0.05) is 36.0 Å². The Bertz CT molecular complexity index is 760. The molecule has 2 heterocycles. The fourth-order valence-corrected chi connectivity index (χ4v) is 3.63. The first-order valence-electron chi connectivity index (χ1n) is 8.97. The van der Waals surface area contributed by atoms with Gasteiger partial charge in [-0.25, -0.2) is 4.98 Å². The number of anilines is 1. The van der Waals surface area contributed by atoms with E-state index in [1.54, 1.807) is 13.3 Å². The first-order chi connectivity index (χ1) is 12.5. The number of hydrogen-bond donors (Lipinski definition) is 2. The van der Waals surface area contributed by atoms with Crippen molar-refractivity contribution in [3.8, 4) is 11.1 Å². The third kappa shape index (κ3) is 4.04. The number of carbonyl (C=O) groups is 1. The molecule has 1 saturated carbocycles. The Balaban J connectivity index is 1.84. The lowest BCUT2D eigenvalue weighted by Gasteiger charge is -2.29. The van der Waals surface area contributed by atoms with Crippen LogP contribution >= 0.6 is 0 Å². The van der Waals surface area contributed by atoms with E-state index in [4.69, 9.17) is 15.0 Å². The van der Waals surface area contributed by atoms with Crippen LogP contribution < -0.4 is 11.1 Å². The topological polar surface area (TPSA) is 103 Å². The Labute approximate surface area is 153 Å². The highest BCUT2D eigenvalue weighted by Gasteiger charge is 2.22. The maximum Gasteiger partial charge on any atom is 0.221 e. The van der Waals surface area contributed by atoms with E-state index >= 15 is 0 Å². The number of hydrogen-bond acceptors (Lipinski definition) is 6. The van der Waals surface area contributed by atoms with Gasteiger partial charge in [-0.1, -0.05) is 5.16 Å². The molecule has 3 rings (SSSR count). The minimum atomic E-state index is -0.381. The van der Waals surface area contributed by atoms with Crippen molar-refractivity contribution in [3.63, 3.8) is 0 Å². The fourth-order valence-electron chi connectivity index (χ4n) is 3.63. The van der Waals surface area contributed by atoms with Gasteiger partial charge in [-0.3, -0.25) is 4.79 Å². The van der Waals surface area contributed by atoms with Gasteiger partial charge in [-0.2, -0.15) is 0 Å². The molecule has 0 spiro atoms. The monoisotopic (exact) mass is 358 g/mol. The smallest absolute Gasteiger partial charge is 0.221 e. The van der Waals surface area contributed by atoms with Gasteiger partial charge in [-0.05, 0) is 45.6 Å². The average Bonchev–Trinajstić information content (AvgIpc) is 2.95. The number of methoxy groups -OCH3 is 1. The number of rotatable bonds is 6. The number of nitrogens with zero attached hydrogens (tertiary/aromatic N) is 2. The van der Waals surface area contributed by atoms with E-state index in [0.29, 0.717) is 12.1 Å². The van der Waals surface area contributed by atoms with Crippen molar-refractivity contribution in [1.29, 1.82) is 0 Å². The second-order valence-corrected chi connectivity index (χ2v) is 6.93. The van der Waals surface area contributed by atoms with E-state index in [9.17, 15) is 4.79 Å². The van der Waals surface area contributed by atoms with Crippen LogP contribution in [0.25, 0.3) is 11.1 Å². The zero-order valence-corrected chi connectivity index (χ0v) is 15.5. The highest BCUT2D eigenvalue weighted by atomic mass is 16.5. The number of aromatic nitrogens is 2. The third-order valence-corrected chi connectivity index (χ3v) is 5.00. The summed E-state index contributed by atoms with van der Waals surface area (Å²) in [7, 11) is 1.76. The van der Waals surface area contributed by atoms with Crippen molar-refractivity contribution < 1.29 is 14.1 Å². The Morgan fingerprint density at radius 2 is 2.08 bits per heavy atom. The van der Waals surface area contributed by atoms with Crippen molar-refractivity contribution in [2.75, 3.05) is 12.4 Å². The predicted octanol–water partition coefficient (Wildman–Crippen LogP) is 2.75. The summed E-state index contributed by atoms with van der Waals surface area (Å²) < 4.78 is 10.7. The predicted molar refractivity (Wildman–Crippen MR) is 98.8 cm³/mol. The molecule has 26 heavy (non-hydrogen) atoms. The SMILES string of the molecule is COC1CCC(Nc2ncc(-c3c(C)noc3C)cc2CC(N)=O)CC1. The maximum atomic E-state index is 11.5. The minimum Gasteiger partial charge on any atom is -0.381 e. The summed E-state index contributed by atoms with van der Waals surface area (Å²) in [5.41, 5.74) is 8.84. The minimum absolute atomic E-state index is 0.139. The van der Waals surface area contributed by atoms with Crippen LogP contribution in [0.4, 0.5) is 5.82 Å². The van der Waals surface area contributed by atoms with Crippen molar-refractivity contribution in [2.24, 2.45) is 5.73 Å². The molecule has 0 aliphatic heterocycles. The molecule has 1 fully saturated rings. The molecule has 0 saturated heterocycles. The average molecular weight is 358 g/mol. The summed E-state index contributed by atoms with van der Waals surface area (Å²) in [5, 5.41) is 7.48. The molecule has 0 aromatic carbocycles.